The lowest BCUT2D eigenvalue weighted by Gasteiger charge is -2.31. The van der Waals surface area contributed by atoms with Crippen LogP contribution in [0.25, 0.3) is 0 Å². The highest BCUT2D eigenvalue weighted by atomic mass is 19.1. The van der Waals surface area contributed by atoms with Crippen LogP contribution in [0.1, 0.15) is 28.7 Å². The first-order valence-corrected chi connectivity index (χ1v) is 13.0. The SMILES string of the molecule is O=C(NCCc1ccccc1)[C@@H](Cc1ccccc1)N(Cc1ccc(F)cc1)C(=O)CCc1ccccc1. The summed E-state index contributed by atoms with van der Waals surface area (Å²) in [6.45, 7) is 0.689. The molecule has 0 fully saturated rings. The minimum absolute atomic E-state index is 0.114. The molecule has 0 heterocycles. The second-order valence-corrected chi connectivity index (χ2v) is 9.37. The maximum atomic E-state index is 13.7. The molecule has 5 heteroatoms. The van der Waals surface area contributed by atoms with Crippen LogP contribution in [0.15, 0.2) is 115 Å². The number of aryl methyl sites for hydroxylation is 1. The van der Waals surface area contributed by atoms with Crippen molar-refractivity contribution in [3.63, 3.8) is 0 Å². The smallest absolute Gasteiger partial charge is 0.243 e. The molecule has 4 aromatic carbocycles. The van der Waals surface area contributed by atoms with Crippen LogP contribution >= 0.6 is 0 Å². The Kier molecular flexibility index (Phi) is 9.80. The highest BCUT2D eigenvalue weighted by Crippen LogP contribution is 2.17. The molecule has 4 nitrogen and oxygen atoms in total. The molecular formula is C33H33FN2O2. The van der Waals surface area contributed by atoms with Gasteiger partial charge in [-0.05, 0) is 47.2 Å². The van der Waals surface area contributed by atoms with E-state index in [9.17, 15) is 14.0 Å². The van der Waals surface area contributed by atoms with Crippen molar-refractivity contribution >= 4 is 11.8 Å². The molecule has 0 aliphatic heterocycles. The van der Waals surface area contributed by atoms with Crippen molar-refractivity contribution in [2.75, 3.05) is 6.54 Å². The number of nitrogens with zero attached hydrogens (tertiary/aromatic N) is 1. The van der Waals surface area contributed by atoms with Gasteiger partial charge < -0.3 is 10.2 Å². The minimum Gasteiger partial charge on any atom is -0.354 e. The molecule has 0 aromatic heterocycles. The third kappa shape index (κ3) is 8.13. The molecular weight excluding hydrogens is 475 g/mol. The van der Waals surface area contributed by atoms with Crippen LogP contribution in [-0.4, -0.2) is 29.3 Å². The monoisotopic (exact) mass is 508 g/mol. The summed E-state index contributed by atoms with van der Waals surface area (Å²) in [5.74, 6) is -0.646. The zero-order valence-electron chi connectivity index (χ0n) is 21.4. The maximum absolute atomic E-state index is 13.7. The molecule has 1 atom stereocenters. The molecule has 194 valence electrons. The van der Waals surface area contributed by atoms with Crippen molar-refractivity contribution in [2.45, 2.75) is 38.3 Å². The number of hydrogen-bond acceptors (Lipinski definition) is 2. The number of amides is 2. The summed E-state index contributed by atoms with van der Waals surface area (Å²) in [7, 11) is 0. The van der Waals surface area contributed by atoms with Crippen LogP contribution in [0, 0.1) is 5.82 Å². The number of nitrogens with one attached hydrogen (secondary N) is 1. The van der Waals surface area contributed by atoms with Gasteiger partial charge in [0.15, 0.2) is 0 Å². The summed E-state index contributed by atoms with van der Waals surface area (Å²) < 4.78 is 13.6. The van der Waals surface area contributed by atoms with Gasteiger partial charge in [0.25, 0.3) is 0 Å². The molecule has 0 spiro atoms. The van der Waals surface area contributed by atoms with Gasteiger partial charge in [-0.25, -0.2) is 4.39 Å². The summed E-state index contributed by atoms with van der Waals surface area (Å²) in [5, 5.41) is 3.06. The summed E-state index contributed by atoms with van der Waals surface area (Å²) in [6, 6.07) is 34.9. The molecule has 0 unspecified atom stereocenters. The maximum Gasteiger partial charge on any atom is 0.243 e. The number of benzene rings is 4. The molecule has 2 amide bonds. The van der Waals surface area contributed by atoms with E-state index in [0.717, 1.165) is 22.3 Å². The third-order valence-electron chi connectivity index (χ3n) is 6.56. The molecule has 0 saturated heterocycles. The van der Waals surface area contributed by atoms with Gasteiger partial charge in [-0.2, -0.15) is 0 Å². The predicted molar refractivity (Wildman–Crippen MR) is 149 cm³/mol. The molecule has 0 saturated carbocycles. The van der Waals surface area contributed by atoms with Gasteiger partial charge >= 0.3 is 0 Å². The zero-order valence-corrected chi connectivity index (χ0v) is 21.4. The summed E-state index contributed by atoms with van der Waals surface area (Å²) in [5.41, 5.74) is 3.94. The first-order valence-electron chi connectivity index (χ1n) is 13.0. The Bertz CT molecular complexity index is 1280. The van der Waals surface area contributed by atoms with Crippen LogP contribution in [0.2, 0.25) is 0 Å². The summed E-state index contributed by atoms with van der Waals surface area (Å²) in [6.07, 6.45) is 1.93. The van der Waals surface area contributed by atoms with Crippen molar-refractivity contribution in [2.24, 2.45) is 0 Å². The van der Waals surface area contributed by atoms with Crippen LogP contribution < -0.4 is 5.32 Å². The molecule has 4 rings (SSSR count). The van der Waals surface area contributed by atoms with Gasteiger partial charge in [-0.15, -0.1) is 0 Å². The van der Waals surface area contributed by atoms with E-state index in [2.05, 4.69) is 5.32 Å². The van der Waals surface area contributed by atoms with Crippen LogP contribution in [-0.2, 0) is 35.4 Å². The largest absolute Gasteiger partial charge is 0.354 e. The van der Waals surface area contributed by atoms with Crippen molar-refractivity contribution in [3.8, 4) is 0 Å². The van der Waals surface area contributed by atoms with Crippen LogP contribution in [0.4, 0.5) is 4.39 Å². The molecule has 1 N–H and O–H groups in total. The zero-order chi connectivity index (χ0) is 26.6. The number of hydrogen-bond donors (Lipinski definition) is 1. The average molecular weight is 509 g/mol. The number of carbonyl (C=O) groups is 2. The van der Waals surface area contributed by atoms with Crippen molar-refractivity contribution in [1.82, 2.24) is 10.2 Å². The van der Waals surface area contributed by atoms with Gasteiger partial charge in [-0.1, -0.05) is 103 Å². The fourth-order valence-electron chi connectivity index (χ4n) is 4.47. The van der Waals surface area contributed by atoms with E-state index in [-0.39, 0.29) is 30.6 Å². The first kappa shape index (κ1) is 26.8. The average Bonchev–Trinajstić information content (AvgIpc) is 2.96. The Morgan fingerprint density at radius 3 is 1.76 bits per heavy atom. The van der Waals surface area contributed by atoms with Gasteiger partial charge in [0.1, 0.15) is 11.9 Å². The summed E-state index contributed by atoms with van der Waals surface area (Å²) >= 11 is 0. The van der Waals surface area contributed by atoms with Crippen molar-refractivity contribution < 1.29 is 14.0 Å². The Labute approximate surface area is 224 Å². The highest BCUT2D eigenvalue weighted by Gasteiger charge is 2.30. The Morgan fingerprint density at radius 2 is 1.18 bits per heavy atom. The van der Waals surface area contributed by atoms with E-state index < -0.39 is 6.04 Å². The molecule has 0 aliphatic rings. The lowest BCUT2D eigenvalue weighted by molar-refractivity contribution is -0.141. The standard InChI is InChI=1S/C33H33FN2O2/c34-30-19-16-29(17-20-30)25-36(32(37)21-18-26-10-4-1-5-11-26)31(24-28-14-8-3-9-15-28)33(38)35-23-22-27-12-6-2-7-13-27/h1-17,19-20,31H,18,21-25H2,(H,35,38)/t31-/m1/s1. The van der Waals surface area contributed by atoms with Gasteiger partial charge in [0, 0.05) is 25.9 Å². The summed E-state index contributed by atoms with van der Waals surface area (Å²) in [4.78, 5) is 29.0. The van der Waals surface area contributed by atoms with E-state index in [1.165, 1.54) is 12.1 Å². The second kappa shape index (κ2) is 13.9. The minimum atomic E-state index is -0.707. The van der Waals surface area contributed by atoms with Crippen LogP contribution in [0.3, 0.4) is 0 Å². The van der Waals surface area contributed by atoms with Crippen LogP contribution in [0.5, 0.6) is 0 Å². The van der Waals surface area contributed by atoms with Gasteiger partial charge in [-0.3, -0.25) is 9.59 Å². The van der Waals surface area contributed by atoms with Gasteiger partial charge in [0.2, 0.25) is 11.8 Å². The Balaban J connectivity index is 1.56. The molecule has 0 radical (unpaired) electrons. The Hall–Kier alpha value is -4.25. The second-order valence-electron chi connectivity index (χ2n) is 9.37. The number of carbonyl (C=O) groups excluding carboxylic acids is 2. The topological polar surface area (TPSA) is 49.4 Å². The fraction of sp³-hybridized carbons (Fsp3) is 0.212. The van der Waals surface area contributed by atoms with E-state index in [1.54, 1.807) is 17.0 Å². The molecule has 0 aliphatic carbocycles. The number of rotatable bonds is 12. The molecule has 4 aromatic rings. The van der Waals surface area contributed by atoms with E-state index >= 15 is 0 Å². The molecule has 0 bridgehead atoms. The Morgan fingerprint density at radius 1 is 0.658 bits per heavy atom. The third-order valence-corrected chi connectivity index (χ3v) is 6.56. The predicted octanol–water partition coefficient (Wildman–Crippen LogP) is 5.76. The number of halogens is 1. The normalized spacial score (nSPS) is 11.5. The van der Waals surface area contributed by atoms with E-state index in [4.69, 9.17) is 0 Å². The van der Waals surface area contributed by atoms with Crippen molar-refractivity contribution in [3.05, 3.63) is 143 Å². The quantitative estimate of drug-likeness (QED) is 0.265. The van der Waals surface area contributed by atoms with E-state index in [0.29, 0.717) is 25.8 Å². The van der Waals surface area contributed by atoms with Gasteiger partial charge in [0.05, 0.1) is 0 Å². The lowest BCUT2D eigenvalue weighted by Crippen LogP contribution is -2.50. The van der Waals surface area contributed by atoms with E-state index in [1.807, 2.05) is 91.0 Å². The lowest BCUT2D eigenvalue weighted by atomic mass is 10.0. The van der Waals surface area contributed by atoms with Crippen molar-refractivity contribution in [1.29, 1.82) is 0 Å². The fourth-order valence-corrected chi connectivity index (χ4v) is 4.47. The first-order chi connectivity index (χ1) is 18.6. The molecule has 38 heavy (non-hydrogen) atoms. The highest BCUT2D eigenvalue weighted by molar-refractivity contribution is 5.88.